The zero-order valence-electron chi connectivity index (χ0n) is 19.9. The number of amides is 1. The van der Waals surface area contributed by atoms with Gasteiger partial charge in [0.15, 0.2) is 5.16 Å². The van der Waals surface area contributed by atoms with Crippen molar-refractivity contribution in [3.63, 3.8) is 0 Å². The number of piperidine rings is 1. The summed E-state index contributed by atoms with van der Waals surface area (Å²) in [5.41, 5.74) is 2.69. The smallest absolute Gasteiger partial charge is 0.240 e. The van der Waals surface area contributed by atoms with Crippen molar-refractivity contribution >= 4 is 51.1 Å². The van der Waals surface area contributed by atoms with Crippen LogP contribution in [0.1, 0.15) is 38.2 Å². The zero-order valence-corrected chi connectivity index (χ0v) is 22.4. The Balaban J connectivity index is 0.00000342. The Labute approximate surface area is 217 Å². The van der Waals surface area contributed by atoms with Crippen molar-refractivity contribution < 1.29 is 13.2 Å². The number of benzene rings is 2. The predicted molar refractivity (Wildman–Crippen MR) is 144 cm³/mol. The van der Waals surface area contributed by atoms with Gasteiger partial charge in [-0.1, -0.05) is 55.4 Å². The number of thioether (sulfide) groups is 1. The summed E-state index contributed by atoms with van der Waals surface area (Å²) in [4.78, 5) is 22.6. The fraction of sp³-hybridized carbons (Fsp3) is 0.440. The van der Waals surface area contributed by atoms with Crippen LogP contribution in [0, 0.1) is 5.92 Å². The topological polar surface area (TPSA) is 95.2 Å². The molecular weight excluding hydrogens is 504 g/mol. The van der Waals surface area contributed by atoms with Gasteiger partial charge in [0.05, 0.1) is 21.7 Å². The van der Waals surface area contributed by atoms with Crippen LogP contribution >= 0.6 is 24.2 Å². The molecule has 0 bridgehead atoms. The number of aromatic amines is 1. The SMILES string of the molecule is CCCCNS(=O)(=O)c1ccc2nc(SCC(=O)N3CCC(Cc4ccccc4)CC3)[nH]c2c1.Cl. The monoisotopic (exact) mass is 536 g/mol. The van der Waals surface area contributed by atoms with Crippen LogP contribution in [0.3, 0.4) is 0 Å². The van der Waals surface area contributed by atoms with E-state index >= 15 is 0 Å². The number of fused-ring (bicyclic) bond motifs is 1. The number of rotatable bonds is 10. The molecule has 1 aliphatic heterocycles. The van der Waals surface area contributed by atoms with E-state index in [1.807, 2.05) is 17.9 Å². The number of carbonyl (C=O) groups excluding carboxylic acids is 1. The predicted octanol–water partition coefficient (Wildman–Crippen LogP) is 4.64. The summed E-state index contributed by atoms with van der Waals surface area (Å²) in [6, 6.07) is 15.4. The molecule has 0 saturated carbocycles. The Kier molecular flexibility index (Phi) is 10.0. The minimum absolute atomic E-state index is 0. The van der Waals surface area contributed by atoms with Crippen LogP contribution in [0.15, 0.2) is 58.6 Å². The molecule has 1 aromatic heterocycles. The molecule has 0 atom stereocenters. The van der Waals surface area contributed by atoms with Crippen LogP contribution in [0.2, 0.25) is 0 Å². The molecule has 1 amide bonds. The number of halogens is 1. The Morgan fingerprint density at radius 2 is 1.91 bits per heavy atom. The molecule has 0 radical (unpaired) electrons. The van der Waals surface area contributed by atoms with Crippen LogP contribution in [0.5, 0.6) is 0 Å². The van der Waals surface area contributed by atoms with Gasteiger partial charge in [0.2, 0.25) is 15.9 Å². The van der Waals surface area contributed by atoms with Crippen molar-refractivity contribution in [3.05, 3.63) is 54.1 Å². The summed E-state index contributed by atoms with van der Waals surface area (Å²) in [6.07, 6.45) is 4.85. The highest BCUT2D eigenvalue weighted by Crippen LogP contribution is 2.25. The van der Waals surface area contributed by atoms with Crippen LogP contribution in [-0.2, 0) is 21.2 Å². The minimum atomic E-state index is -3.54. The molecule has 0 spiro atoms. The maximum Gasteiger partial charge on any atom is 0.240 e. The van der Waals surface area contributed by atoms with E-state index in [4.69, 9.17) is 0 Å². The maximum absolute atomic E-state index is 12.7. The van der Waals surface area contributed by atoms with E-state index in [1.165, 1.54) is 17.3 Å². The molecule has 7 nitrogen and oxygen atoms in total. The van der Waals surface area contributed by atoms with Gasteiger partial charge in [-0.3, -0.25) is 4.79 Å². The third kappa shape index (κ3) is 7.46. The molecular formula is C25H33ClN4O3S2. The van der Waals surface area contributed by atoms with Crippen molar-refractivity contribution in [2.24, 2.45) is 5.92 Å². The summed E-state index contributed by atoms with van der Waals surface area (Å²) in [7, 11) is -3.54. The van der Waals surface area contributed by atoms with Gasteiger partial charge in [0, 0.05) is 19.6 Å². The molecule has 4 rings (SSSR count). The second kappa shape index (κ2) is 12.8. The van der Waals surface area contributed by atoms with E-state index in [9.17, 15) is 13.2 Å². The lowest BCUT2D eigenvalue weighted by molar-refractivity contribution is -0.129. The number of hydrogen-bond acceptors (Lipinski definition) is 5. The average Bonchev–Trinajstić information content (AvgIpc) is 3.26. The lowest BCUT2D eigenvalue weighted by atomic mass is 9.90. The molecule has 2 heterocycles. The summed E-state index contributed by atoms with van der Waals surface area (Å²) in [5.74, 6) is 1.05. The van der Waals surface area contributed by atoms with Gasteiger partial charge in [-0.25, -0.2) is 18.1 Å². The molecule has 1 fully saturated rings. The van der Waals surface area contributed by atoms with Crippen LogP contribution in [0.4, 0.5) is 0 Å². The number of carbonyl (C=O) groups is 1. The Bertz CT molecular complexity index is 1210. The van der Waals surface area contributed by atoms with E-state index in [2.05, 4.69) is 39.0 Å². The number of aromatic nitrogens is 2. The largest absolute Gasteiger partial charge is 0.342 e. The minimum Gasteiger partial charge on any atom is -0.342 e. The highest BCUT2D eigenvalue weighted by atomic mass is 35.5. The molecule has 2 N–H and O–H groups in total. The third-order valence-electron chi connectivity index (χ3n) is 6.23. The Hall–Kier alpha value is -2.07. The number of likely N-dealkylation sites (tertiary alicyclic amines) is 1. The van der Waals surface area contributed by atoms with Crippen molar-refractivity contribution in [3.8, 4) is 0 Å². The second-order valence-electron chi connectivity index (χ2n) is 8.77. The van der Waals surface area contributed by atoms with Gasteiger partial charge in [0.25, 0.3) is 0 Å². The van der Waals surface area contributed by atoms with E-state index in [0.29, 0.717) is 34.4 Å². The number of imidazole rings is 1. The lowest BCUT2D eigenvalue weighted by Gasteiger charge is -2.32. The van der Waals surface area contributed by atoms with Gasteiger partial charge < -0.3 is 9.88 Å². The second-order valence-corrected chi connectivity index (χ2v) is 11.5. The average molecular weight is 537 g/mol. The van der Waals surface area contributed by atoms with Gasteiger partial charge in [-0.05, 0) is 55.4 Å². The maximum atomic E-state index is 12.7. The third-order valence-corrected chi connectivity index (χ3v) is 8.55. The van der Waals surface area contributed by atoms with E-state index in [1.54, 1.807) is 18.2 Å². The molecule has 10 heteroatoms. The summed E-state index contributed by atoms with van der Waals surface area (Å²) >= 11 is 1.36. The molecule has 3 aromatic rings. The van der Waals surface area contributed by atoms with Gasteiger partial charge in [-0.15, -0.1) is 12.4 Å². The molecule has 1 aliphatic rings. The van der Waals surface area contributed by atoms with E-state index in [-0.39, 0.29) is 23.2 Å². The van der Waals surface area contributed by atoms with Gasteiger partial charge in [0.1, 0.15) is 0 Å². The van der Waals surface area contributed by atoms with Crippen LogP contribution in [0.25, 0.3) is 11.0 Å². The highest BCUT2D eigenvalue weighted by Gasteiger charge is 2.23. The number of nitrogens with zero attached hydrogens (tertiary/aromatic N) is 2. The summed E-state index contributed by atoms with van der Waals surface area (Å²) in [5, 5.41) is 0.621. The number of sulfonamides is 1. The first-order valence-corrected chi connectivity index (χ1v) is 14.4. The standard InChI is InChI=1S/C25H32N4O3S2.ClH/c1-2-3-13-26-34(31,32)21-9-10-22-23(17-21)28-25(27-22)33-18-24(30)29-14-11-20(12-15-29)16-19-7-5-4-6-8-19;/h4-10,17,20,26H,2-3,11-16,18H2,1H3,(H,27,28);1H. The number of hydrogen-bond donors (Lipinski definition) is 2. The number of H-pyrrole nitrogens is 1. The molecule has 2 aromatic carbocycles. The fourth-order valence-corrected chi connectivity index (χ4v) is 6.11. The Morgan fingerprint density at radius 1 is 1.17 bits per heavy atom. The van der Waals surface area contributed by atoms with Crippen molar-refractivity contribution in [1.82, 2.24) is 19.6 Å². The van der Waals surface area contributed by atoms with E-state index < -0.39 is 10.0 Å². The summed E-state index contributed by atoms with van der Waals surface area (Å²) in [6.45, 7) is 4.03. The van der Waals surface area contributed by atoms with Crippen molar-refractivity contribution in [2.45, 2.75) is 49.1 Å². The Morgan fingerprint density at radius 3 is 2.63 bits per heavy atom. The van der Waals surface area contributed by atoms with Crippen LogP contribution < -0.4 is 4.72 Å². The van der Waals surface area contributed by atoms with Crippen molar-refractivity contribution in [2.75, 3.05) is 25.4 Å². The van der Waals surface area contributed by atoms with Gasteiger partial charge >= 0.3 is 0 Å². The quantitative estimate of drug-likeness (QED) is 0.291. The molecule has 0 aliphatic carbocycles. The first-order valence-electron chi connectivity index (χ1n) is 11.9. The molecule has 190 valence electrons. The number of unbranched alkanes of at least 4 members (excludes halogenated alkanes) is 1. The summed E-state index contributed by atoms with van der Waals surface area (Å²) < 4.78 is 27.6. The first kappa shape index (κ1) is 27.5. The molecule has 0 unspecified atom stereocenters. The fourth-order valence-electron chi connectivity index (χ4n) is 4.22. The number of nitrogens with one attached hydrogen (secondary N) is 2. The normalized spacial score (nSPS) is 14.7. The molecule has 1 saturated heterocycles. The zero-order chi connectivity index (χ0) is 24.0. The van der Waals surface area contributed by atoms with Crippen molar-refractivity contribution in [1.29, 1.82) is 0 Å². The van der Waals surface area contributed by atoms with Gasteiger partial charge in [-0.2, -0.15) is 0 Å². The first-order chi connectivity index (χ1) is 16.4. The van der Waals surface area contributed by atoms with E-state index in [0.717, 1.165) is 45.2 Å². The van der Waals surface area contributed by atoms with Crippen LogP contribution in [-0.4, -0.2) is 54.6 Å². The highest BCUT2D eigenvalue weighted by molar-refractivity contribution is 7.99. The molecule has 35 heavy (non-hydrogen) atoms. The lowest BCUT2D eigenvalue weighted by Crippen LogP contribution is -2.39.